The van der Waals surface area contributed by atoms with Crippen molar-refractivity contribution in [1.29, 1.82) is 0 Å². The minimum absolute atomic E-state index is 0.0186. The smallest absolute Gasteiger partial charge is 0.248 e. The van der Waals surface area contributed by atoms with Gasteiger partial charge in [0.25, 0.3) is 0 Å². The highest BCUT2D eigenvalue weighted by Crippen LogP contribution is 2.41. The number of primary amides is 1. The molecule has 0 unspecified atom stereocenters. The SMILES string of the molecule is C/C=C(/Oc1c(F)cc(Cl)cc1F)c1nnc(-c2ccc(C(N)=O)cc2F)n1C1CC1. The number of hydrogen-bond donors (Lipinski definition) is 1. The van der Waals surface area contributed by atoms with Gasteiger partial charge < -0.3 is 15.0 Å². The van der Waals surface area contributed by atoms with E-state index in [1.165, 1.54) is 18.2 Å². The Balaban J connectivity index is 1.77. The van der Waals surface area contributed by atoms with Gasteiger partial charge >= 0.3 is 0 Å². The maximum absolute atomic E-state index is 14.7. The molecule has 10 heteroatoms. The number of carbonyl (C=O) groups is 1. The first-order valence-electron chi connectivity index (χ1n) is 9.33. The molecule has 3 aromatic rings. The molecule has 31 heavy (non-hydrogen) atoms. The summed E-state index contributed by atoms with van der Waals surface area (Å²) in [5.41, 5.74) is 5.32. The molecule has 0 atom stereocenters. The van der Waals surface area contributed by atoms with Crippen molar-refractivity contribution in [3.05, 3.63) is 70.3 Å². The summed E-state index contributed by atoms with van der Waals surface area (Å²) in [6.45, 7) is 1.61. The molecule has 6 nitrogen and oxygen atoms in total. The number of halogens is 4. The van der Waals surface area contributed by atoms with E-state index in [1.807, 2.05) is 0 Å². The Morgan fingerprint density at radius 1 is 1.16 bits per heavy atom. The molecule has 1 aromatic heterocycles. The van der Waals surface area contributed by atoms with Crippen molar-refractivity contribution in [3.8, 4) is 17.1 Å². The zero-order valence-electron chi connectivity index (χ0n) is 16.2. The molecule has 2 aromatic carbocycles. The summed E-state index contributed by atoms with van der Waals surface area (Å²) in [5, 5.41) is 8.06. The van der Waals surface area contributed by atoms with E-state index in [1.54, 1.807) is 11.5 Å². The maximum atomic E-state index is 14.7. The van der Waals surface area contributed by atoms with Crippen molar-refractivity contribution in [1.82, 2.24) is 14.8 Å². The van der Waals surface area contributed by atoms with E-state index in [-0.39, 0.29) is 39.6 Å². The number of aromatic nitrogens is 3. The lowest BCUT2D eigenvalue weighted by atomic mass is 10.1. The van der Waals surface area contributed by atoms with Crippen LogP contribution in [0.5, 0.6) is 5.75 Å². The number of ether oxygens (including phenoxy) is 1. The Morgan fingerprint density at radius 3 is 2.39 bits per heavy atom. The molecule has 0 spiro atoms. The number of allylic oxidation sites excluding steroid dienone is 1. The average Bonchev–Trinajstić information content (AvgIpc) is 3.46. The molecule has 0 aliphatic heterocycles. The van der Waals surface area contributed by atoms with Crippen molar-refractivity contribution < 1.29 is 22.7 Å². The summed E-state index contributed by atoms with van der Waals surface area (Å²) in [6, 6.07) is 5.62. The van der Waals surface area contributed by atoms with Crippen LogP contribution in [0.2, 0.25) is 5.02 Å². The lowest BCUT2D eigenvalue weighted by Crippen LogP contribution is -2.12. The first-order chi connectivity index (χ1) is 14.8. The van der Waals surface area contributed by atoms with E-state index < -0.39 is 29.1 Å². The second-order valence-corrected chi connectivity index (χ2v) is 7.40. The molecule has 2 N–H and O–H groups in total. The second-order valence-electron chi connectivity index (χ2n) is 6.96. The van der Waals surface area contributed by atoms with Gasteiger partial charge in [0.05, 0.1) is 5.56 Å². The molecule has 0 bridgehead atoms. The Bertz CT molecular complexity index is 1200. The zero-order valence-corrected chi connectivity index (χ0v) is 17.0. The summed E-state index contributed by atoms with van der Waals surface area (Å²) >= 11 is 5.66. The molecule has 1 amide bonds. The average molecular weight is 449 g/mol. The van der Waals surface area contributed by atoms with Gasteiger partial charge in [-0.25, -0.2) is 13.2 Å². The van der Waals surface area contributed by atoms with Crippen LogP contribution >= 0.6 is 11.6 Å². The van der Waals surface area contributed by atoms with E-state index in [0.29, 0.717) is 0 Å². The van der Waals surface area contributed by atoms with Crippen molar-refractivity contribution >= 4 is 23.3 Å². The molecule has 0 saturated heterocycles. The highest BCUT2D eigenvalue weighted by molar-refractivity contribution is 6.30. The van der Waals surface area contributed by atoms with Crippen molar-refractivity contribution in [2.24, 2.45) is 5.73 Å². The molecule has 1 heterocycles. The van der Waals surface area contributed by atoms with E-state index in [2.05, 4.69) is 10.2 Å². The molecule has 1 saturated carbocycles. The highest BCUT2D eigenvalue weighted by atomic mass is 35.5. The van der Waals surface area contributed by atoms with Crippen molar-refractivity contribution in [2.75, 3.05) is 0 Å². The number of nitrogens with zero attached hydrogens (tertiary/aromatic N) is 3. The van der Waals surface area contributed by atoms with E-state index in [9.17, 15) is 18.0 Å². The first-order valence-corrected chi connectivity index (χ1v) is 9.71. The van der Waals surface area contributed by atoms with Gasteiger partial charge in [-0.15, -0.1) is 10.2 Å². The molecular formula is C21H16ClF3N4O2. The minimum atomic E-state index is -0.977. The van der Waals surface area contributed by atoms with E-state index in [0.717, 1.165) is 31.0 Å². The third kappa shape index (κ3) is 4.00. The number of hydrogen-bond acceptors (Lipinski definition) is 4. The van der Waals surface area contributed by atoms with Crippen LogP contribution in [0.3, 0.4) is 0 Å². The van der Waals surface area contributed by atoms with E-state index >= 15 is 0 Å². The molecule has 160 valence electrons. The number of rotatable bonds is 6. The monoisotopic (exact) mass is 448 g/mol. The van der Waals surface area contributed by atoms with Crippen LogP contribution in [-0.2, 0) is 0 Å². The van der Waals surface area contributed by atoms with Gasteiger partial charge in [0.15, 0.2) is 34.8 Å². The van der Waals surface area contributed by atoms with Crippen LogP contribution in [0.1, 0.15) is 42.0 Å². The van der Waals surface area contributed by atoms with Gasteiger partial charge in [0.1, 0.15) is 5.82 Å². The second kappa shape index (κ2) is 8.07. The lowest BCUT2D eigenvalue weighted by Gasteiger charge is -2.14. The third-order valence-electron chi connectivity index (χ3n) is 4.76. The summed E-state index contributed by atoms with van der Waals surface area (Å²) in [4.78, 5) is 11.3. The minimum Gasteiger partial charge on any atom is -0.448 e. The van der Waals surface area contributed by atoms with Crippen LogP contribution in [0, 0.1) is 17.5 Å². The maximum Gasteiger partial charge on any atom is 0.248 e. The molecule has 1 aliphatic rings. The molecule has 4 rings (SSSR count). The lowest BCUT2D eigenvalue weighted by molar-refractivity contribution is 0.1000. The highest BCUT2D eigenvalue weighted by Gasteiger charge is 2.33. The Hall–Kier alpha value is -3.33. The van der Waals surface area contributed by atoms with Gasteiger partial charge in [-0.3, -0.25) is 4.79 Å². The fraction of sp³-hybridized carbons (Fsp3) is 0.190. The van der Waals surface area contributed by atoms with Crippen LogP contribution in [0.25, 0.3) is 17.1 Å². The van der Waals surface area contributed by atoms with E-state index in [4.69, 9.17) is 22.1 Å². The van der Waals surface area contributed by atoms with Gasteiger partial charge in [0.2, 0.25) is 5.91 Å². The van der Waals surface area contributed by atoms with Gasteiger partial charge in [-0.05, 0) is 56.2 Å². The van der Waals surface area contributed by atoms with Gasteiger partial charge in [-0.1, -0.05) is 11.6 Å². The number of benzene rings is 2. The summed E-state index contributed by atoms with van der Waals surface area (Å²) < 4.78 is 50.3. The Kier molecular flexibility index (Phi) is 5.45. The van der Waals surface area contributed by atoms with Crippen molar-refractivity contribution in [2.45, 2.75) is 25.8 Å². The topological polar surface area (TPSA) is 83.0 Å². The Morgan fingerprint density at radius 2 is 1.84 bits per heavy atom. The van der Waals surface area contributed by atoms with Crippen LogP contribution in [0.4, 0.5) is 13.2 Å². The predicted octanol–water partition coefficient (Wildman–Crippen LogP) is 4.89. The largest absolute Gasteiger partial charge is 0.448 e. The molecular weight excluding hydrogens is 433 g/mol. The predicted molar refractivity (Wildman–Crippen MR) is 108 cm³/mol. The van der Waals surface area contributed by atoms with Crippen LogP contribution in [0.15, 0.2) is 36.4 Å². The standard InChI is InChI=1S/C21H16ClF3N4O2/c1-2-17(31-18-15(24)8-11(22)9-16(18)25)21-28-27-20(29(21)12-4-5-12)13-6-3-10(19(26)30)7-14(13)23/h2-3,6-9,12H,4-5H2,1H3,(H2,26,30)/b17-2+. The van der Waals surface area contributed by atoms with Gasteiger partial charge in [0, 0.05) is 16.6 Å². The van der Waals surface area contributed by atoms with Gasteiger partial charge in [-0.2, -0.15) is 0 Å². The molecule has 1 aliphatic carbocycles. The fourth-order valence-corrected chi connectivity index (χ4v) is 3.33. The Labute approximate surface area is 180 Å². The van der Waals surface area contributed by atoms with Crippen molar-refractivity contribution in [3.63, 3.8) is 0 Å². The molecule has 1 fully saturated rings. The molecule has 0 radical (unpaired) electrons. The number of amides is 1. The normalized spacial score (nSPS) is 14.0. The summed E-state index contributed by atoms with van der Waals surface area (Å²) in [7, 11) is 0. The number of nitrogens with two attached hydrogens (primary N) is 1. The summed E-state index contributed by atoms with van der Waals surface area (Å²) in [5.74, 6) is -3.62. The zero-order chi connectivity index (χ0) is 22.3. The summed E-state index contributed by atoms with van der Waals surface area (Å²) in [6.07, 6.45) is 3.06. The fourth-order valence-electron chi connectivity index (χ4n) is 3.14. The van der Waals surface area contributed by atoms with Crippen LogP contribution < -0.4 is 10.5 Å². The first kappa shape index (κ1) is 20.9. The third-order valence-corrected chi connectivity index (χ3v) is 4.98. The number of carbonyl (C=O) groups excluding carboxylic acids is 1. The van der Waals surface area contributed by atoms with Crippen LogP contribution in [-0.4, -0.2) is 20.7 Å². The quantitative estimate of drug-likeness (QED) is 0.544.